The Bertz CT molecular complexity index is 394. The third-order valence-electron chi connectivity index (χ3n) is 4.28. The number of carboxylic acids is 1. The van der Waals surface area contributed by atoms with Gasteiger partial charge in [-0.1, -0.05) is 58.3 Å². The van der Waals surface area contributed by atoms with Gasteiger partial charge in [0.15, 0.2) is 11.6 Å². The second-order valence-electron chi connectivity index (χ2n) is 6.34. The first kappa shape index (κ1) is 19.7. The molecular weight excluding hydrogens is 292 g/mol. The van der Waals surface area contributed by atoms with E-state index in [9.17, 15) is 9.59 Å². The minimum absolute atomic E-state index is 0.0599. The Balaban J connectivity index is 2.08. The molecule has 23 heavy (non-hydrogen) atoms. The van der Waals surface area contributed by atoms with Crippen molar-refractivity contribution < 1.29 is 14.7 Å². The fraction of sp³-hybridized carbons (Fsp3) is 0.833. The van der Waals surface area contributed by atoms with Gasteiger partial charge >= 0.3 is 5.97 Å². The summed E-state index contributed by atoms with van der Waals surface area (Å²) in [5, 5.41) is 8.74. The maximum Gasteiger partial charge on any atom is 0.305 e. The molecule has 0 radical (unpaired) electrons. The number of amidine groups is 1. The minimum atomic E-state index is -0.831. The summed E-state index contributed by atoms with van der Waals surface area (Å²) >= 11 is 0. The zero-order valence-corrected chi connectivity index (χ0v) is 14.6. The summed E-state index contributed by atoms with van der Waals surface area (Å²) in [6, 6.07) is 0. The third-order valence-corrected chi connectivity index (χ3v) is 4.28. The van der Waals surface area contributed by atoms with E-state index in [1.165, 1.54) is 44.9 Å². The molecule has 5 heteroatoms. The van der Waals surface area contributed by atoms with Crippen LogP contribution < -0.4 is 0 Å². The molecule has 0 saturated heterocycles. The van der Waals surface area contributed by atoms with Crippen molar-refractivity contribution in [2.75, 3.05) is 19.6 Å². The first-order valence-corrected chi connectivity index (χ1v) is 9.19. The van der Waals surface area contributed by atoms with Crippen molar-refractivity contribution in [1.82, 2.24) is 4.90 Å². The van der Waals surface area contributed by atoms with Crippen LogP contribution in [0.2, 0.25) is 0 Å². The molecular formula is C18H32N2O3. The van der Waals surface area contributed by atoms with Crippen molar-refractivity contribution in [3.05, 3.63) is 0 Å². The molecule has 0 fully saturated rings. The molecule has 0 aromatic carbocycles. The normalized spacial score (nSPS) is 14.1. The second-order valence-corrected chi connectivity index (χ2v) is 6.34. The number of Topliss-reactive ketones (excluding diaryl/α,β-unsaturated/α-hetero) is 1. The van der Waals surface area contributed by atoms with Gasteiger partial charge in [-0.3, -0.25) is 14.6 Å². The highest BCUT2D eigenvalue weighted by Gasteiger charge is 2.23. The van der Waals surface area contributed by atoms with Crippen LogP contribution in [0.3, 0.4) is 0 Å². The van der Waals surface area contributed by atoms with Gasteiger partial charge in [0.25, 0.3) is 0 Å². The predicted molar refractivity (Wildman–Crippen MR) is 93.0 cm³/mol. The van der Waals surface area contributed by atoms with Crippen LogP contribution in [0.4, 0.5) is 0 Å². The molecule has 1 N–H and O–H groups in total. The highest BCUT2D eigenvalue weighted by atomic mass is 16.4. The lowest BCUT2D eigenvalue weighted by Gasteiger charge is -2.18. The summed E-state index contributed by atoms with van der Waals surface area (Å²) in [5.41, 5.74) is 0. The van der Waals surface area contributed by atoms with Gasteiger partial charge in [0.1, 0.15) is 0 Å². The van der Waals surface area contributed by atoms with Crippen LogP contribution >= 0.6 is 0 Å². The average Bonchev–Trinajstić information content (AvgIpc) is 2.99. The van der Waals surface area contributed by atoms with E-state index in [0.29, 0.717) is 31.9 Å². The van der Waals surface area contributed by atoms with Crippen molar-refractivity contribution in [1.29, 1.82) is 0 Å². The van der Waals surface area contributed by atoms with E-state index in [4.69, 9.17) is 5.11 Å². The van der Waals surface area contributed by atoms with Gasteiger partial charge < -0.3 is 10.0 Å². The summed E-state index contributed by atoms with van der Waals surface area (Å²) in [5.74, 6) is -0.246. The van der Waals surface area contributed by atoms with E-state index in [1.807, 2.05) is 4.90 Å². The van der Waals surface area contributed by atoms with Gasteiger partial charge in [-0.15, -0.1) is 0 Å². The lowest BCUT2D eigenvalue weighted by Crippen LogP contribution is -2.35. The molecule has 0 saturated carbocycles. The molecule has 0 spiro atoms. The van der Waals surface area contributed by atoms with Crippen LogP contribution in [-0.2, 0) is 9.59 Å². The van der Waals surface area contributed by atoms with Crippen LogP contribution in [-0.4, -0.2) is 47.2 Å². The molecule has 5 nitrogen and oxygen atoms in total. The van der Waals surface area contributed by atoms with Gasteiger partial charge in [0, 0.05) is 19.5 Å². The molecule has 0 aromatic heterocycles. The molecule has 1 heterocycles. The number of unbranched alkanes of at least 4 members (excludes halogenated alkanes) is 8. The molecule has 1 aliphatic rings. The number of ketones is 1. The lowest BCUT2D eigenvalue weighted by atomic mass is 10.1. The van der Waals surface area contributed by atoms with E-state index in [2.05, 4.69) is 11.9 Å². The maximum absolute atomic E-state index is 12.2. The first-order chi connectivity index (χ1) is 11.1. The van der Waals surface area contributed by atoms with Crippen LogP contribution in [0, 0.1) is 0 Å². The molecule has 1 rings (SSSR count). The van der Waals surface area contributed by atoms with E-state index in [0.717, 1.165) is 12.8 Å². The van der Waals surface area contributed by atoms with Gasteiger partial charge in [0.2, 0.25) is 0 Å². The zero-order chi connectivity index (χ0) is 16.9. The molecule has 0 aromatic rings. The first-order valence-electron chi connectivity index (χ1n) is 9.19. The summed E-state index contributed by atoms with van der Waals surface area (Å²) in [6.45, 7) is 3.90. The molecule has 0 unspecified atom stereocenters. The minimum Gasteiger partial charge on any atom is -0.481 e. The molecule has 0 aliphatic carbocycles. The Morgan fingerprint density at radius 1 is 1.00 bits per heavy atom. The van der Waals surface area contributed by atoms with E-state index in [1.54, 1.807) is 0 Å². The smallest absolute Gasteiger partial charge is 0.305 e. The quantitative estimate of drug-likeness (QED) is 0.495. The van der Waals surface area contributed by atoms with Crippen LogP contribution in [0.25, 0.3) is 0 Å². The number of aliphatic imine (C=N–C) groups is 1. The summed E-state index contributed by atoms with van der Waals surface area (Å²) in [4.78, 5) is 28.9. The van der Waals surface area contributed by atoms with E-state index < -0.39 is 5.97 Å². The van der Waals surface area contributed by atoms with Crippen LogP contribution in [0.5, 0.6) is 0 Å². The van der Waals surface area contributed by atoms with Crippen LogP contribution in [0.1, 0.15) is 77.6 Å². The number of hydrogen-bond donors (Lipinski definition) is 1. The standard InChI is InChI=1S/C18H32N2O3/c1-2-3-4-5-6-7-8-9-10-11-16(21)18-19-13-15-20(18)14-12-17(22)23/h2-15H2,1H3,(H,22,23). The van der Waals surface area contributed by atoms with Crippen molar-refractivity contribution in [3.63, 3.8) is 0 Å². The molecule has 1 aliphatic heterocycles. The highest BCUT2D eigenvalue weighted by Crippen LogP contribution is 2.12. The van der Waals surface area contributed by atoms with Gasteiger partial charge in [-0.2, -0.15) is 0 Å². The number of carbonyl (C=O) groups is 2. The van der Waals surface area contributed by atoms with Crippen molar-refractivity contribution >= 4 is 17.6 Å². The van der Waals surface area contributed by atoms with Gasteiger partial charge in [0.05, 0.1) is 13.0 Å². The highest BCUT2D eigenvalue weighted by molar-refractivity contribution is 6.39. The number of carbonyl (C=O) groups excluding carboxylic acids is 1. The largest absolute Gasteiger partial charge is 0.481 e. The molecule has 132 valence electrons. The summed E-state index contributed by atoms with van der Waals surface area (Å²) < 4.78 is 0. The van der Waals surface area contributed by atoms with E-state index >= 15 is 0 Å². The Morgan fingerprint density at radius 2 is 1.61 bits per heavy atom. The summed E-state index contributed by atoms with van der Waals surface area (Å²) in [6.07, 6.45) is 11.7. The van der Waals surface area contributed by atoms with Crippen molar-refractivity contribution in [2.24, 2.45) is 4.99 Å². The van der Waals surface area contributed by atoms with Crippen molar-refractivity contribution in [3.8, 4) is 0 Å². The Kier molecular flexibility index (Phi) is 10.3. The van der Waals surface area contributed by atoms with Crippen molar-refractivity contribution in [2.45, 2.75) is 77.6 Å². The van der Waals surface area contributed by atoms with Gasteiger partial charge in [-0.05, 0) is 6.42 Å². The van der Waals surface area contributed by atoms with E-state index in [-0.39, 0.29) is 12.2 Å². The second kappa shape index (κ2) is 12.1. The monoisotopic (exact) mass is 324 g/mol. The number of hydrogen-bond acceptors (Lipinski definition) is 4. The topological polar surface area (TPSA) is 70.0 Å². The Labute approximate surface area is 140 Å². The fourth-order valence-corrected chi connectivity index (χ4v) is 2.90. The average molecular weight is 324 g/mol. The summed E-state index contributed by atoms with van der Waals surface area (Å²) in [7, 11) is 0. The molecule has 0 atom stereocenters. The molecule has 0 bridgehead atoms. The fourth-order valence-electron chi connectivity index (χ4n) is 2.90. The number of carboxylic acid groups (broad SMARTS) is 1. The molecule has 0 amide bonds. The maximum atomic E-state index is 12.2. The lowest BCUT2D eigenvalue weighted by molar-refractivity contribution is -0.137. The zero-order valence-electron chi connectivity index (χ0n) is 14.6. The Hall–Kier alpha value is -1.39. The van der Waals surface area contributed by atoms with Gasteiger partial charge in [-0.25, -0.2) is 0 Å². The Morgan fingerprint density at radius 3 is 2.22 bits per heavy atom. The predicted octanol–water partition coefficient (Wildman–Crippen LogP) is 3.67. The SMILES string of the molecule is CCCCCCCCCCCC(=O)C1=NCCN1CCC(=O)O. The number of nitrogens with zero attached hydrogens (tertiary/aromatic N) is 2. The van der Waals surface area contributed by atoms with Crippen LogP contribution in [0.15, 0.2) is 4.99 Å². The third kappa shape index (κ3) is 8.72. The number of aliphatic carboxylic acids is 1. The number of rotatable bonds is 14.